The number of allylic oxidation sites excluding steroid dienone is 6. The average Bonchev–Trinajstić information content (AvgIpc) is 2.21. The summed E-state index contributed by atoms with van der Waals surface area (Å²) in [5.41, 5.74) is 2.19. The van der Waals surface area contributed by atoms with Crippen molar-refractivity contribution in [3.05, 3.63) is 60.3 Å². The number of hydrogen-bond acceptors (Lipinski definition) is 2. The lowest BCUT2D eigenvalue weighted by atomic mass is 10.2. The quantitative estimate of drug-likeness (QED) is 0.559. The molecule has 0 bridgehead atoms. The van der Waals surface area contributed by atoms with E-state index < -0.39 is 0 Å². The zero-order chi connectivity index (χ0) is 8.23. The monoisotopic (exact) mass is 158 g/mol. The molecular weight excluding hydrogens is 148 g/mol. The van der Waals surface area contributed by atoms with E-state index in [-0.39, 0.29) is 0 Å². The summed E-state index contributed by atoms with van der Waals surface area (Å²) in [6.45, 7) is 0. The van der Waals surface area contributed by atoms with E-state index >= 15 is 0 Å². The van der Waals surface area contributed by atoms with E-state index in [1.165, 1.54) is 0 Å². The number of dihydropyridines is 2. The molecule has 2 heteroatoms. The summed E-state index contributed by atoms with van der Waals surface area (Å²) in [5.74, 6) is 0. The lowest BCUT2D eigenvalue weighted by Crippen LogP contribution is -2.15. The van der Waals surface area contributed by atoms with Crippen LogP contribution in [0.1, 0.15) is 0 Å². The van der Waals surface area contributed by atoms with Crippen LogP contribution in [0.3, 0.4) is 0 Å². The first kappa shape index (κ1) is 6.98. The molecule has 2 nitrogen and oxygen atoms in total. The molecular formula is C10H10N2. The Bertz CT molecular complexity index is 285. The molecule has 0 radical (unpaired) electrons. The van der Waals surface area contributed by atoms with Crippen LogP contribution in [-0.4, -0.2) is 0 Å². The topological polar surface area (TPSA) is 24.1 Å². The summed E-state index contributed by atoms with van der Waals surface area (Å²) in [5, 5.41) is 6.31. The van der Waals surface area contributed by atoms with Gasteiger partial charge in [0, 0.05) is 12.4 Å². The largest absolute Gasteiger partial charge is 0.360 e. The second-order valence-electron chi connectivity index (χ2n) is 2.55. The van der Waals surface area contributed by atoms with Gasteiger partial charge >= 0.3 is 0 Å². The van der Waals surface area contributed by atoms with Crippen LogP contribution in [0.25, 0.3) is 0 Å². The third kappa shape index (κ3) is 1.32. The van der Waals surface area contributed by atoms with Gasteiger partial charge in [-0.05, 0) is 24.3 Å². The van der Waals surface area contributed by atoms with Crippen molar-refractivity contribution in [2.45, 2.75) is 0 Å². The second kappa shape index (κ2) is 3.13. The number of nitrogens with one attached hydrogen (secondary N) is 2. The van der Waals surface area contributed by atoms with Gasteiger partial charge in [-0.25, -0.2) is 0 Å². The van der Waals surface area contributed by atoms with Gasteiger partial charge in [0.1, 0.15) is 0 Å². The normalized spacial score (nSPS) is 25.3. The Morgan fingerprint density at radius 3 is 1.50 bits per heavy atom. The van der Waals surface area contributed by atoms with Crippen LogP contribution in [0.15, 0.2) is 60.3 Å². The highest BCUT2D eigenvalue weighted by Crippen LogP contribution is 2.07. The average molecular weight is 158 g/mol. The van der Waals surface area contributed by atoms with E-state index in [9.17, 15) is 0 Å². The van der Waals surface area contributed by atoms with E-state index in [4.69, 9.17) is 0 Å². The molecule has 2 rings (SSSR count). The highest BCUT2D eigenvalue weighted by Gasteiger charge is 2.00. The smallest absolute Gasteiger partial charge is 0.0618 e. The molecule has 0 saturated carbocycles. The van der Waals surface area contributed by atoms with Gasteiger partial charge in [0.05, 0.1) is 11.4 Å². The number of hydrogen-bond donors (Lipinski definition) is 2. The van der Waals surface area contributed by atoms with Crippen LogP contribution in [0.2, 0.25) is 0 Å². The second-order valence-corrected chi connectivity index (χ2v) is 2.55. The molecule has 12 heavy (non-hydrogen) atoms. The minimum atomic E-state index is 1.10. The molecule has 0 aliphatic carbocycles. The molecule has 60 valence electrons. The van der Waals surface area contributed by atoms with Gasteiger partial charge in [0.25, 0.3) is 0 Å². The van der Waals surface area contributed by atoms with Gasteiger partial charge in [-0.15, -0.1) is 0 Å². The number of rotatable bonds is 0. The van der Waals surface area contributed by atoms with Crippen LogP contribution in [0, 0.1) is 0 Å². The van der Waals surface area contributed by atoms with Crippen LogP contribution in [-0.2, 0) is 0 Å². The molecule has 0 aromatic carbocycles. The van der Waals surface area contributed by atoms with Crippen molar-refractivity contribution in [3.63, 3.8) is 0 Å². The van der Waals surface area contributed by atoms with E-state index in [1.54, 1.807) is 0 Å². The van der Waals surface area contributed by atoms with Crippen LogP contribution >= 0.6 is 0 Å². The molecule has 0 saturated heterocycles. The van der Waals surface area contributed by atoms with Crippen molar-refractivity contribution in [1.29, 1.82) is 0 Å². The summed E-state index contributed by atoms with van der Waals surface area (Å²) < 4.78 is 0. The van der Waals surface area contributed by atoms with Gasteiger partial charge in [-0.2, -0.15) is 0 Å². The molecule has 0 spiro atoms. The third-order valence-electron chi connectivity index (χ3n) is 1.71. The van der Waals surface area contributed by atoms with E-state index in [0.717, 1.165) is 11.4 Å². The molecule has 0 fully saturated rings. The maximum Gasteiger partial charge on any atom is 0.0618 e. The van der Waals surface area contributed by atoms with Crippen molar-refractivity contribution < 1.29 is 0 Å². The minimum Gasteiger partial charge on any atom is -0.360 e. The summed E-state index contributed by atoms with van der Waals surface area (Å²) in [6, 6.07) is 0. The van der Waals surface area contributed by atoms with Crippen molar-refractivity contribution >= 4 is 0 Å². The van der Waals surface area contributed by atoms with Crippen LogP contribution in [0.5, 0.6) is 0 Å². The van der Waals surface area contributed by atoms with Crippen LogP contribution in [0.4, 0.5) is 0 Å². The zero-order valence-corrected chi connectivity index (χ0v) is 6.62. The predicted octanol–water partition coefficient (Wildman–Crippen LogP) is 1.54. The standard InChI is InChI=1S/C10H10N2/c1-3-7-11-9(5-1)10-6-2-4-8-12-10/h1-8,11-12H/b10-9+. The van der Waals surface area contributed by atoms with Crippen molar-refractivity contribution in [2.24, 2.45) is 0 Å². The summed E-state index contributed by atoms with van der Waals surface area (Å²) in [7, 11) is 0. The Kier molecular flexibility index (Phi) is 1.82. The molecule has 0 amide bonds. The lowest BCUT2D eigenvalue weighted by Gasteiger charge is -2.12. The van der Waals surface area contributed by atoms with E-state index in [0.29, 0.717) is 0 Å². The molecule has 2 heterocycles. The summed E-state index contributed by atoms with van der Waals surface area (Å²) >= 11 is 0. The summed E-state index contributed by atoms with van der Waals surface area (Å²) in [6.07, 6.45) is 15.8. The Labute approximate surface area is 71.7 Å². The first-order valence-corrected chi connectivity index (χ1v) is 3.90. The Morgan fingerprint density at radius 1 is 0.667 bits per heavy atom. The Balaban J connectivity index is 2.25. The van der Waals surface area contributed by atoms with Gasteiger partial charge in [0.15, 0.2) is 0 Å². The Hall–Kier alpha value is -1.70. The Morgan fingerprint density at radius 2 is 1.17 bits per heavy atom. The lowest BCUT2D eigenvalue weighted by molar-refractivity contribution is 0.988. The molecule has 0 aromatic rings. The first-order chi connectivity index (χ1) is 5.97. The molecule has 2 aliphatic rings. The van der Waals surface area contributed by atoms with Crippen LogP contribution < -0.4 is 10.6 Å². The first-order valence-electron chi connectivity index (χ1n) is 3.90. The van der Waals surface area contributed by atoms with Crippen molar-refractivity contribution in [3.8, 4) is 0 Å². The SMILES string of the molecule is C1=CN/C(=C2\C=CC=CN2)C=C1. The highest BCUT2D eigenvalue weighted by atomic mass is 14.9. The summed E-state index contributed by atoms with van der Waals surface area (Å²) in [4.78, 5) is 0. The molecule has 2 aliphatic heterocycles. The maximum atomic E-state index is 3.15. The van der Waals surface area contributed by atoms with Crippen molar-refractivity contribution in [2.75, 3.05) is 0 Å². The van der Waals surface area contributed by atoms with Gasteiger partial charge in [-0.1, -0.05) is 12.2 Å². The highest BCUT2D eigenvalue weighted by molar-refractivity contribution is 5.39. The maximum absolute atomic E-state index is 3.15. The fourth-order valence-electron chi connectivity index (χ4n) is 1.12. The molecule has 2 N–H and O–H groups in total. The predicted molar refractivity (Wildman–Crippen MR) is 49.9 cm³/mol. The van der Waals surface area contributed by atoms with E-state index in [2.05, 4.69) is 10.6 Å². The van der Waals surface area contributed by atoms with E-state index in [1.807, 2.05) is 48.9 Å². The fourth-order valence-corrected chi connectivity index (χ4v) is 1.12. The van der Waals surface area contributed by atoms with Gasteiger partial charge in [0.2, 0.25) is 0 Å². The van der Waals surface area contributed by atoms with Gasteiger partial charge in [-0.3, -0.25) is 0 Å². The zero-order valence-electron chi connectivity index (χ0n) is 6.62. The molecule has 0 unspecified atom stereocenters. The fraction of sp³-hybridized carbons (Fsp3) is 0. The molecule has 0 atom stereocenters. The van der Waals surface area contributed by atoms with Crippen molar-refractivity contribution in [1.82, 2.24) is 10.6 Å². The minimum absolute atomic E-state index is 1.10. The molecule has 0 aromatic heterocycles. The van der Waals surface area contributed by atoms with Gasteiger partial charge < -0.3 is 10.6 Å². The third-order valence-corrected chi connectivity index (χ3v) is 1.71.